The molecule has 0 spiro atoms. The Balaban J connectivity index is 2.55. The fourth-order valence-corrected chi connectivity index (χ4v) is 2.08. The quantitative estimate of drug-likeness (QED) is 0.841. The minimum Gasteiger partial charge on any atom is -0.374 e. The van der Waals surface area contributed by atoms with Gasteiger partial charge in [-0.1, -0.05) is 34.5 Å². The van der Waals surface area contributed by atoms with Crippen LogP contribution in [0.5, 0.6) is 0 Å². The Kier molecular flexibility index (Phi) is 2.58. The van der Waals surface area contributed by atoms with E-state index in [1.807, 2.05) is 0 Å². The molecule has 3 nitrogen and oxygen atoms in total. The van der Waals surface area contributed by atoms with Crippen molar-refractivity contribution in [2.24, 2.45) is 0 Å². The first-order valence-corrected chi connectivity index (χ1v) is 5.28. The molecule has 0 bridgehead atoms. The van der Waals surface area contributed by atoms with Crippen molar-refractivity contribution < 1.29 is 0 Å². The largest absolute Gasteiger partial charge is 0.374 e. The molecule has 0 aliphatic rings. The van der Waals surface area contributed by atoms with Crippen LogP contribution in [0.3, 0.4) is 0 Å². The molecule has 0 amide bonds. The molecule has 0 atom stereocenters. The number of benzene rings is 1. The van der Waals surface area contributed by atoms with Gasteiger partial charge in [-0.05, 0) is 18.2 Å². The third-order valence-electron chi connectivity index (χ3n) is 1.60. The van der Waals surface area contributed by atoms with Gasteiger partial charge in [0, 0.05) is 10.6 Å². The van der Waals surface area contributed by atoms with E-state index in [1.54, 1.807) is 18.2 Å². The number of nitrogens with two attached hydrogens (primary N) is 1. The number of anilines is 1. The van der Waals surface area contributed by atoms with E-state index in [2.05, 4.69) is 10.2 Å². The van der Waals surface area contributed by atoms with Gasteiger partial charge in [0.05, 0.1) is 5.02 Å². The second kappa shape index (κ2) is 3.73. The summed E-state index contributed by atoms with van der Waals surface area (Å²) < 4.78 is 0. The van der Waals surface area contributed by atoms with Gasteiger partial charge in [-0.25, -0.2) is 0 Å². The first-order valence-electron chi connectivity index (χ1n) is 3.71. The SMILES string of the molecule is Nc1nnc(-c2cc(Cl)ccc2Cl)s1. The highest BCUT2D eigenvalue weighted by Gasteiger charge is 2.09. The average molecular weight is 246 g/mol. The van der Waals surface area contributed by atoms with Crippen LogP contribution >= 0.6 is 34.5 Å². The van der Waals surface area contributed by atoms with Gasteiger partial charge in [0.15, 0.2) is 5.01 Å². The van der Waals surface area contributed by atoms with E-state index < -0.39 is 0 Å². The predicted molar refractivity (Wildman–Crippen MR) is 59.8 cm³/mol. The summed E-state index contributed by atoms with van der Waals surface area (Å²) in [6.07, 6.45) is 0. The minimum absolute atomic E-state index is 0.413. The van der Waals surface area contributed by atoms with Crippen molar-refractivity contribution in [2.45, 2.75) is 0 Å². The molecule has 1 heterocycles. The van der Waals surface area contributed by atoms with Crippen LogP contribution in [-0.4, -0.2) is 10.2 Å². The molecule has 0 saturated heterocycles. The Bertz CT molecular complexity index is 469. The topological polar surface area (TPSA) is 51.8 Å². The van der Waals surface area contributed by atoms with E-state index in [4.69, 9.17) is 28.9 Å². The van der Waals surface area contributed by atoms with Crippen LogP contribution in [0.1, 0.15) is 0 Å². The molecule has 14 heavy (non-hydrogen) atoms. The Hall–Kier alpha value is -0.840. The molecule has 72 valence electrons. The number of hydrogen-bond acceptors (Lipinski definition) is 4. The highest BCUT2D eigenvalue weighted by Crippen LogP contribution is 2.32. The highest BCUT2D eigenvalue weighted by molar-refractivity contribution is 7.18. The minimum atomic E-state index is 0.413. The molecule has 0 aliphatic heterocycles. The summed E-state index contributed by atoms with van der Waals surface area (Å²) in [6.45, 7) is 0. The molecule has 0 radical (unpaired) electrons. The molecule has 0 aliphatic carbocycles. The maximum atomic E-state index is 5.98. The number of nitrogens with zero attached hydrogens (tertiary/aromatic N) is 2. The van der Waals surface area contributed by atoms with Crippen LogP contribution in [0.2, 0.25) is 10.0 Å². The van der Waals surface area contributed by atoms with Gasteiger partial charge in [0.2, 0.25) is 5.13 Å². The summed E-state index contributed by atoms with van der Waals surface area (Å²) in [5.41, 5.74) is 6.23. The van der Waals surface area contributed by atoms with Gasteiger partial charge in [0.1, 0.15) is 0 Å². The summed E-state index contributed by atoms with van der Waals surface area (Å²) in [5, 5.41) is 9.88. The van der Waals surface area contributed by atoms with Gasteiger partial charge >= 0.3 is 0 Å². The van der Waals surface area contributed by atoms with Crippen molar-refractivity contribution in [1.29, 1.82) is 0 Å². The second-order valence-corrected chi connectivity index (χ2v) is 4.42. The van der Waals surface area contributed by atoms with E-state index in [0.29, 0.717) is 20.2 Å². The first kappa shape index (κ1) is 9.71. The summed E-state index contributed by atoms with van der Waals surface area (Å²) in [6, 6.07) is 5.18. The van der Waals surface area contributed by atoms with Gasteiger partial charge < -0.3 is 5.73 Å². The zero-order valence-corrected chi connectivity index (χ0v) is 9.20. The van der Waals surface area contributed by atoms with Gasteiger partial charge in [-0.15, -0.1) is 10.2 Å². The summed E-state index contributed by atoms with van der Waals surface area (Å²) in [4.78, 5) is 0. The average Bonchev–Trinajstić information content (AvgIpc) is 2.56. The van der Waals surface area contributed by atoms with Crippen LogP contribution in [0.4, 0.5) is 5.13 Å². The first-order chi connectivity index (χ1) is 6.66. The summed E-state index contributed by atoms with van der Waals surface area (Å²) >= 11 is 13.1. The van der Waals surface area contributed by atoms with Crippen molar-refractivity contribution in [1.82, 2.24) is 10.2 Å². The lowest BCUT2D eigenvalue weighted by Crippen LogP contribution is -1.80. The second-order valence-electron chi connectivity index (χ2n) is 2.57. The molecule has 2 rings (SSSR count). The van der Waals surface area contributed by atoms with Crippen molar-refractivity contribution in [2.75, 3.05) is 5.73 Å². The molecule has 0 fully saturated rings. The Morgan fingerprint density at radius 1 is 1.21 bits per heavy atom. The smallest absolute Gasteiger partial charge is 0.203 e. The number of hydrogen-bond donors (Lipinski definition) is 1. The zero-order valence-electron chi connectivity index (χ0n) is 6.87. The molecule has 0 unspecified atom stereocenters. The lowest BCUT2D eigenvalue weighted by atomic mass is 10.2. The molecule has 2 aromatic rings. The molecule has 2 N–H and O–H groups in total. The normalized spacial score (nSPS) is 10.4. The third-order valence-corrected chi connectivity index (χ3v) is 2.95. The van der Waals surface area contributed by atoms with Crippen molar-refractivity contribution >= 4 is 39.7 Å². The van der Waals surface area contributed by atoms with E-state index >= 15 is 0 Å². The van der Waals surface area contributed by atoms with Crippen LogP contribution in [-0.2, 0) is 0 Å². The summed E-state index contributed by atoms with van der Waals surface area (Å²) in [7, 11) is 0. The maximum absolute atomic E-state index is 5.98. The third kappa shape index (κ3) is 1.82. The lowest BCUT2D eigenvalue weighted by molar-refractivity contribution is 1.10. The Morgan fingerprint density at radius 3 is 2.64 bits per heavy atom. The number of nitrogen functional groups attached to an aromatic ring is 1. The molecular formula is C8H5Cl2N3S. The fraction of sp³-hybridized carbons (Fsp3) is 0. The van der Waals surface area contributed by atoms with Crippen molar-refractivity contribution in [3.63, 3.8) is 0 Å². The lowest BCUT2D eigenvalue weighted by Gasteiger charge is -1.99. The van der Waals surface area contributed by atoms with Gasteiger partial charge in [-0.2, -0.15) is 0 Å². The monoisotopic (exact) mass is 245 g/mol. The van der Waals surface area contributed by atoms with E-state index in [9.17, 15) is 0 Å². The van der Waals surface area contributed by atoms with Crippen molar-refractivity contribution in [3.05, 3.63) is 28.2 Å². The van der Waals surface area contributed by atoms with Gasteiger partial charge in [0.25, 0.3) is 0 Å². The Morgan fingerprint density at radius 2 is 2.00 bits per heavy atom. The zero-order chi connectivity index (χ0) is 10.1. The van der Waals surface area contributed by atoms with E-state index in [0.717, 1.165) is 5.56 Å². The molecule has 6 heteroatoms. The molecular weight excluding hydrogens is 241 g/mol. The molecule has 1 aromatic carbocycles. The predicted octanol–water partition coefficient (Wildman–Crippen LogP) is 3.09. The van der Waals surface area contributed by atoms with Crippen molar-refractivity contribution in [3.8, 4) is 10.6 Å². The highest BCUT2D eigenvalue weighted by atomic mass is 35.5. The van der Waals surface area contributed by atoms with Crippen LogP contribution < -0.4 is 5.73 Å². The van der Waals surface area contributed by atoms with E-state index in [1.165, 1.54) is 11.3 Å². The maximum Gasteiger partial charge on any atom is 0.203 e. The summed E-state index contributed by atoms with van der Waals surface area (Å²) in [5.74, 6) is 0. The molecule has 1 aromatic heterocycles. The fourth-order valence-electron chi connectivity index (χ4n) is 1.00. The van der Waals surface area contributed by atoms with Crippen LogP contribution in [0.15, 0.2) is 18.2 Å². The standard InChI is InChI=1S/C8H5Cl2N3S/c9-4-1-2-6(10)5(3-4)7-12-13-8(11)14-7/h1-3H,(H2,11,13). The van der Waals surface area contributed by atoms with Gasteiger partial charge in [-0.3, -0.25) is 0 Å². The number of aromatic nitrogens is 2. The van der Waals surface area contributed by atoms with Crippen LogP contribution in [0, 0.1) is 0 Å². The van der Waals surface area contributed by atoms with E-state index in [-0.39, 0.29) is 0 Å². The number of halogens is 2. The Labute approximate surface area is 94.5 Å². The number of rotatable bonds is 1. The molecule has 0 saturated carbocycles. The van der Waals surface area contributed by atoms with Crippen LogP contribution in [0.25, 0.3) is 10.6 Å².